The van der Waals surface area contributed by atoms with Crippen LogP contribution in [0.3, 0.4) is 0 Å². The van der Waals surface area contributed by atoms with Crippen LogP contribution in [0.25, 0.3) is 0 Å². The van der Waals surface area contributed by atoms with Gasteiger partial charge in [0.1, 0.15) is 5.82 Å². The van der Waals surface area contributed by atoms with Crippen molar-refractivity contribution in [2.24, 2.45) is 11.1 Å². The summed E-state index contributed by atoms with van der Waals surface area (Å²) < 4.78 is 14.1. The molecule has 28 heavy (non-hydrogen) atoms. The molecule has 2 aromatic rings. The molecular weight excluding hydrogens is 355 g/mol. The van der Waals surface area contributed by atoms with Crippen molar-refractivity contribution in [1.29, 1.82) is 0 Å². The van der Waals surface area contributed by atoms with Gasteiger partial charge in [-0.1, -0.05) is 61.5 Å². The van der Waals surface area contributed by atoms with Crippen LogP contribution in [0, 0.1) is 18.7 Å². The first kappa shape index (κ1) is 20.1. The highest BCUT2D eigenvalue weighted by Gasteiger charge is 2.28. The molecule has 0 saturated carbocycles. The number of aryl methyl sites for hydroxylation is 1. The molecule has 0 aromatic heterocycles. The third kappa shape index (κ3) is 4.97. The van der Waals surface area contributed by atoms with Crippen LogP contribution in [-0.2, 0) is 16.2 Å². The fourth-order valence-corrected chi connectivity index (χ4v) is 3.39. The number of carbonyl (C=O) groups excluding carboxylic acids is 1. The van der Waals surface area contributed by atoms with Gasteiger partial charge in [0.15, 0.2) is 6.10 Å². The molecule has 148 valence electrons. The number of halogens is 1. The van der Waals surface area contributed by atoms with Crippen molar-refractivity contribution in [1.82, 2.24) is 4.90 Å². The van der Waals surface area contributed by atoms with Crippen LogP contribution >= 0.6 is 0 Å². The lowest BCUT2D eigenvalue weighted by atomic mass is 10.00. The van der Waals surface area contributed by atoms with Gasteiger partial charge >= 0.3 is 0 Å². The average Bonchev–Trinajstić information content (AvgIpc) is 3.11. The highest BCUT2D eigenvalue weighted by Crippen LogP contribution is 2.22. The van der Waals surface area contributed by atoms with Crippen molar-refractivity contribution < 1.29 is 14.0 Å². The predicted molar refractivity (Wildman–Crippen MR) is 108 cm³/mol. The van der Waals surface area contributed by atoms with Crippen LogP contribution < -0.4 is 0 Å². The second-order valence-electron chi connectivity index (χ2n) is 7.75. The smallest absolute Gasteiger partial charge is 0.223 e. The number of benzene rings is 2. The van der Waals surface area contributed by atoms with Crippen molar-refractivity contribution in [3.63, 3.8) is 0 Å². The Morgan fingerprint density at radius 1 is 1.21 bits per heavy atom. The molecule has 5 heteroatoms. The highest BCUT2D eigenvalue weighted by atomic mass is 19.1. The number of rotatable bonds is 7. The number of nitrogens with zero attached hydrogens (tertiary/aromatic N) is 2. The Kier molecular flexibility index (Phi) is 6.45. The normalized spacial score (nSPS) is 16.0. The Morgan fingerprint density at radius 2 is 1.93 bits per heavy atom. The fourth-order valence-electron chi connectivity index (χ4n) is 3.39. The van der Waals surface area contributed by atoms with E-state index in [4.69, 9.17) is 4.84 Å². The first-order valence-corrected chi connectivity index (χ1v) is 9.74. The maximum Gasteiger partial charge on any atom is 0.223 e. The molecule has 0 N–H and O–H groups in total. The second kappa shape index (κ2) is 9.00. The molecule has 0 spiro atoms. The van der Waals surface area contributed by atoms with Crippen molar-refractivity contribution in [2.45, 2.75) is 46.3 Å². The summed E-state index contributed by atoms with van der Waals surface area (Å²) in [6.45, 7) is 6.67. The Bertz CT molecular complexity index is 863. The van der Waals surface area contributed by atoms with Crippen LogP contribution in [0.4, 0.5) is 4.39 Å². The van der Waals surface area contributed by atoms with E-state index in [0.717, 1.165) is 16.8 Å². The zero-order valence-corrected chi connectivity index (χ0v) is 16.7. The van der Waals surface area contributed by atoms with Crippen molar-refractivity contribution in [3.05, 3.63) is 71.0 Å². The molecule has 1 amide bonds. The monoisotopic (exact) mass is 382 g/mol. The van der Waals surface area contributed by atoms with Gasteiger partial charge in [0.25, 0.3) is 0 Å². The summed E-state index contributed by atoms with van der Waals surface area (Å²) in [5, 5.41) is 4.25. The van der Waals surface area contributed by atoms with E-state index in [0.29, 0.717) is 24.9 Å². The van der Waals surface area contributed by atoms with Gasteiger partial charge in [-0.2, -0.15) is 0 Å². The van der Waals surface area contributed by atoms with Gasteiger partial charge in [-0.3, -0.25) is 4.79 Å². The summed E-state index contributed by atoms with van der Waals surface area (Å²) in [5.74, 6) is -0.0564. The Hall–Kier alpha value is -2.69. The quantitative estimate of drug-likeness (QED) is 0.696. The van der Waals surface area contributed by atoms with E-state index in [1.807, 2.05) is 45.0 Å². The lowest BCUT2D eigenvalue weighted by molar-refractivity contribution is -0.134. The zero-order chi connectivity index (χ0) is 20.1. The molecule has 0 aliphatic carbocycles. The molecule has 0 unspecified atom stereocenters. The molecule has 1 aliphatic rings. The standard InChI is InChI=1S/C23H27FN2O2/c1-16(2)12-23(27)26(14-18-9-5-7-11-21(18)24)15-19-13-22(25-28-19)20-10-6-4-8-17(20)3/h4-11,16,19H,12-15H2,1-3H3/t19-/m0/s1. The van der Waals surface area contributed by atoms with Crippen LogP contribution in [0.1, 0.15) is 43.4 Å². The number of carbonyl (C=O) groups is 1. The first-order valence-electron chi connectivity index (χ1n) is 9.74. The second-order valence-corrected chi connectivity index (χ2v) is 7.75. The minimum absolute atomic E-state index is 0.00574. The van der Waals surface area contributed by atoms with Crippen molar-refractivity contribution in [3.8, 4) is 0 Å². The van der Waals surface area contributed by atoms with E-state index in [9.17, 15) is 9.18 Å². The topological polar surface area (TPSA) is 41.9 Å². The number of oxime groups is 1. The van der Waals surface area contributed by atoms with E-state index in [1.165, 1.54) is 6.07 Å². The molecule has 4 nitrogen and oxygen atoms in total. The predicted octanol–water partition coefficient (Wildman–Crippen LogP) is 4.70. The lowest BCUT2D eigenvalue weighted by Crippen LogP contribution is -2.38. The molecular formula is C23H27FN2O2. The summed E-state index contributed by atoms with van der Waals surface area (Å²) in [6, 6.07) is 14.6. The minimum atomic E-state index is -0.297. The van der Waals surface area contributed by atoms with E-state index in [2.05, 4.69) is 5.16 Å². The Labute approximate surface area is 166 Å². The van der Waals surface area contributed by atoms with Gasteiger partial charge in [-0.25, -0.2) is 4.39 Å². The molecule has 1 heterocycles. The maximum atomic E-state index is 14.1. The third-order valence-corrected chi connectivity index (χ3v) is 4.87. The van der Waals surface area contributed by atoms with Crippen LogP contribution in [-0.4, -0.2) is 29.2 Å². The van der Waals surface area contributed by atoms with Gasteiger partial charge < -0.3 is 9.74 Å². The van der Waals surface area contributed by atoms with E-state index in [1.54, 1.807) is 23.1 Å². The van der Waals surface area contributed by atoms with Gasteiger partial charge in [0.2, 0.25) is 5.91 Å². The van der Waals surface area contributed by atoms with Crippen LogP contribution in [0.15, 0.2) is 53.7 Å². The van der Waals surface area contributed by atoms with Gasteiger partial charge in [0, 0.05) is 30.5 Å². The molecule has 2 aromatic carbocycles. The molecule has 0 bridgehead atoms. The van der Waals surface area contributed by atoms with Crippen LogP contribution in [0.5, 0.6) is 0 Å². The lowest BCUT2D eigenvalue weighted by Gasteiger charge is -2.26. The number of hydrogen-bond acceptors (Lipinski definition) is 3. The zero-order valence-electron chi connectivity index (χ0n) is 16.7. The number of amides is 1. The van der Waals surface area contributed by atoms with Crippen molar-refractivity contribution >= 4 is 11.6 Å². The first-order chi connectivity index (χ1) is 13.4. The highest BCUT2D eigenvalue weighted by molar-refractivity contribution is 6.02. The molecule has 0 fully saturated rings. The summed E-state index contributed by atoms with van der Waals surface area (Å²) in [6.07, 6.45) is 0.831. The maximum absolute atomic E-state index is 14.1. The summed E-state index contributed by atoms with van der Waals surface area (Å²) >= 11 is 0. The van der Waals surface area contributed by atoms with Crippen LogP contribution in [0.2, 0.25) is 0 Å². The average molecular weight is 382 g/mol. The molecule has 0 radical (unpaired) electrons. The Morgan fingerprint density at radius 3 is 2.64 bits per heavy atom. The molecule has 1 atom stereocenters. The molecule has 3 rings (SSSR count). The van der Waals surface area contributed by atoms with E-state index < -0.39 is 0 Å². The largest absolute Gasteiger partial charge is 0.390 e. The van der Waals surface area contributed by atoms with Gasteiger partial charge in [-0.05, 0) is 24.5 Å². The van der Waals surface area contributed by atoms with E-state index >= 15 is 0 Å². The van der Waals surface area contributed by atoms with E-state index in [-0.39, 0.29) is 30.3 Å². The Balaban J connectivity index is 1.71. The summed E-state index contributed by atoms with van der Waals surface area (Å²) in [4.78, 5) is 20.1. The number of hydrogen-bond donors (Lipinski definition) is 0. The molecule has 1 aliphatic heterocycles. The summed E-state index contributed by atoms with van der Waals surface area (Å²) in [7, 11) is 0. The minimum Gasteiger partial charge on any atom is -0.390 e. The van der Waals surface area contributed by atoms with Gasteiger partial charge in [0.05, 0.1) is 12.3 Å². The third-order valence-electron chi connectivity index (χ3n) is 4.87. The SMILES string of the molecule is Cc1ccccc1C1=NO[C@H](CN(Cc2ccccc2F)C(=O)CC(C)C)C1. The molecule has 0 saturated heterocycles. The van der Waals surface area contributed by atoms with Crippen molar-refractivity contribution in [2.75, 3.05) is 6.54 Å². The summed E-state index contributed by atoms with van der Waals surface area (Å²) in [5.41, 5.74) is 3.62. The van der Waals surface area contributed by atoms with Gasteiger partial charge in [-0.15, -0.1) is 0 Å². The fraction of sp³-hybridized carbons (Fsp3) is 0.391.